The molecule has 0 aliphatic carbocycles. The maximum Gasteiger partial charge on any atom is 0.255 e. The predicted molar refractivity (Wildman–Crippen MR) is 139 cm³/mol. The summed E-state index contributed by atoms with van der Waals surface area (Å²) in [6.45, 7) is 0.832. The second-order valence-corrected chi connectivity index (χ2v) is 8.30. The molecule has 2 N–H and O–H groups in total. The van der Waals surface area contributed by atoms with Crippen LogP contribution in [0.1, 0.15) is 31.8 Å². The molecular formula is C29H25ClN2O3. The monoisotopic (exact) mass is 484 g/mol. The van der Waals surface area contributed by atoms with Crippen LogP contribution in [0.3, 0.4) is 0 Å². The number of nitrogens with one attached hydrogen (secondary N) is 2. The van der Waals surface area contributed by atoms with Crippen LogP contribution in [0.5, 0.6) is 5.75 Å². The van der Waals surface area contributed by atoms with Gasteiger partial charge in [-0.3, -0.25) is 9.59 Å². The molecule has 4 aromatic rings. The molecule has 0 atom stereocenters. The molecule has 6 heteroatoms. The number of hydrogen-bond donors (Lipinski definition) is 2. The SMILES string of the molecule is O=C(Nc1ccccc1C(=O)NCCc1ccccc1)c1ccc(OCc2ccccc2Cl)cc1. The number of anilines is 1. The van der Waals surface area contributed by atoms with Gasteiger partial charge >= 0.3 is 0 Å². The van der Waals surface area contributed by atoms with E-state index in [4.69, 9.17) is 16.3 Å². The van der Waals surface area contributed by atoms with E-state index in [9.17, 15) is 9.59 Å². The number of carbonyl (C=O) groups excluding carboxylic acids is 2. The fraction of sp³-hybridized carbons (Fsp3) is 0.103. The molecule has 4 rings (SSSR count). The minimum atomic E-state index is -0.313. The smallest absolute Gasteiger partial charge is 0.255 e. The van der Waals surface area contributed by atoms with E-state index in [0.717, 1.165) is 17.5 Å². The zero-order valence-electron chi connectivity index (χ0n) is 19.0. The molecule has 0 spiro atoms. The van der Waals surface area contributed by atoms with Crippen molar-refractivity contribution in [3.05, 3.63) is 130 Å². The molecule has 5 nitrogen and oxygen atoms in total. The summed E-state index contributed by atoms with van der Waals surface area (Å²) in [5, 5.41) is 6.41. The first-order valence-electron chi connectivity index (χ1n) is 11.3. The van der Waals surface area contributed by atoms with Crippen LogP contribution in [-0.2, 0) is 13.0 Å². The van der Waals surface area contributed by atoms with Crippen molar-refractivity contribution in [3.63, 3.8) is 0 Å². The van der Waals surface area contributed by atoms with E-state index in [1.807, 2.05) is 54.6 Å². The van der Waals surface area contributed by atoms with Crippen LogP contribution in [-0.4, -0.2) is 18.4 Å². The summed E-state index contributed by atoms with van der Waals surface area (Å²) in [5.41, 5.74) is 3.35. The van der Waals surface area contributed by atoms with E-state index >= 15 is 0 Å². The lowest BCUT2D eigenvalue weighted by atomic mass is 10.1. The average Bonchev–Trinajstić information content (AvgIpc) is 2.89. The number of benzene rings is 4. The molecule has 0 saturated carbocycles. The van der Waals surface area contributed by atoms with Gasteiger partial charge in [0.2, 0.25) is 0 Å². The van der Waals surface area contributed by atoms with E-state index in [-0.39, 0.29) is 11.8 Å². The number of amides is 2. The summed E-state index contributed by atoms with van der Waals surface area (Å²) < 4.78 is 5.78. The maximum absolute atomic E-state index is 12.8. The third-order valence-corrected chi connectivity index (χ3v) is 5.80. The van der Waals surface area contributed by atoms with Gasteiger partial charge in [0.05, 0.1) is 11.3 Å². The summed E-state index contributed by atoms with van der Waals surface area (Å²) in [5.74, 6) is 0.0759. The molecule has 0 fully saturated rings. The molecular weight excluding hydrogens is 460 g/mol. The van der Waals surface area contributed by atoms with Crippen LogP contribution < -0.4 is 15.4 Å². The molecule has 0 unspecified atom stereocenters. The van der Waals surface area contributed by atoms with Crippen molar-refractivity contribution in [3.8, 4) is 5.75 Å². The Kier molecular flexibility index (Phi) is 8.15. The largest absolute Gasteiger partial charge is 0.489 e. The van der Waals surface area contributed by atoms with E-state index in [0.29, 0.717) is 40.7 Å². The van der Waals surface area contributed by atoms with Gasteiger partial charge < -0.3 is 15.4 Å². The van der Waals surface area contributed by atoms with Gasteiger partial charge in [-0.1, -0.05) is 72.3 Å². The number of hydrogen-bond acceptors (Lipinski definition) is 3. The zero-order chi connectivity index (χ0) is 24.5. The van der Waals surface area contributed by atoms with Crippen LogP contribution in [0.2, 0.25) is 5.02 Å². The number of carbonyl (C=O) groups is 2. The Morgan fingerprint density at radius 2 is 1.43 bits per heavy atom. The van der Waals surface area contributed by atoms with Gasteiger partial charge in [-0.25, -0.2) is 0 Å². The van der Waals surface area contributed by atoms with E-state index in [1.54, 1.807) is 48.5 Å². The lowest BCUT2D eigenvalue weighted by molar-refractivity contribution is 0.0955. The second-order valence-electron chi connectivity index (χ2n) is 7.90. The van der Waals surface area contributed by atoms with E-state index in [1.165, 1.54) is 0 Å². The fourth-order valence-electron chi connectivity index (χ4n) is 3.52. The van der Waals surface area contributed by atoms with Crippen molar-refractivity contribution in [2.75, 3.05) is 11.9 Å². The Bertz CT molecular complexity index is 1290. The van der Waals surface area contributed by atoms with Gasteiger partial charge in [0, 0.05) is 22.7 Å². The zero-order valence-corrected chi connectivity index (χ0v) is 19.8. The van der Waals surface area contributed by atoms with Gasteiger partial charge in [-0.05, 0) is 54.4 Å². The van der Waals surface area contributed by atoms with Crippen LogP contribution in [0, 0.1) is 0 Å². The lowest BCUT2D eigenvalue weighted by Gasteiger charge is -2.12. The third-order valence-electron chi connectivity index (χ3n) is 5.43. The van der Waals surface area contributed by atoms with Crippen molar-refractivity contribution >= 4 is 29.1 Å². The highest BCUT2D eigenvalue weighted by Crippen LogP contribution is 2.20. The molecule has 176 valence electrons. The van der Waals surface area contributed by atoms with Gasteiger partial charge in [0.15, 0.2) is 0 Å². The van der Waals surface area contributed by atoms with Gasteiger partial charge in [0.25, 0.3) is 11.8 Å². The van der Waals surface area contributed by atoms with Gasteiger partial charge in [-0.2, -0.15) is 0 Å². The number of ether oxygens (including phenoxy) is 1. The first-order valence-corrected chi connectivity index (χ1v) is 11.7. The normalized spacial score (nSPS) is 10.4. The second kappa shape index (κ2) is 11.9. The molecule has 35 heavy (non-hydrogen) atoms. The summed E-state index contributed by atoms with van der Waals surface area (Å²) in [6, 6.07) is 31.2. The highest BCUT2D eigenvalue weighted by molar-refractivity contribution is 6.31. The predicted octanol–water partition coefficient (Wildman–Crippen LogP) is 6.14. The van der Waals surface area contributed by atoms with Crippen molar-refractivity contribution in [1.82, 2.24) is 5.32 Å². The topological polar surface area (TPSA) is 67.4 Å². The molecule has 4 aromatic carbocycles. The Morgan fingerprint density at radius 1 is 0.743 bits per heavy atom. The summed E-state index contributed by atoms with van der Waals surface area (Å²) in [4.78, 5) is 25.6. The quantitative estimate of drug-likeness (QED) is 0.299. The van der Waals surface area contributed by atoms with E-state index in [2.05, 4.69) is 10.6 Å². The molecule has 0 heterocycles. The highest BCUT2D eigenvalue weighted by atomic mass is 35.5. The first-order chi connectivity index (χ1) is 17.1. The van der Waals surface area contributed by atoms with Crippen LogP contribution in [0.15, 0.2) is 103 Å². The van der Waals surface area contributed by atoms with Crippen molar-refractivity contribution < 1.29 is 14.3 Å². The van der Waals surface area contributed by atoms with Crippen molar-refractivity contribution in [2.45, 2.75) is 13.0 Å². The first kappa shape index (κ1) is 24.0. The Labute approximate surface area is 209 Å². The van der Waals surface area contributed by atoms with Crippen LogP contribution in [0.4, 0.5) is 5.69 Å². The Balaban J connectivity index is 1.34. The standard InChI is InChI=1S/C29H25ClN2O3/c30-26-12-6-4-10-23(26)20-35-24-16-14-22(15-17-24)28(33)32-27-13-7-5-11-25(27)29(34)31-19-18-21-8-2-1-3-9-21/h1-17H,18-20H2,(H,31,34)(H,32,33). The summed E-state index contributed by atoms with van der Waals surface area (Å²) in [7, 11) is 0. The summed E-state index contributed by atoms with van der Waals surface area (Å²) in [6.07, 6.45) is 0.728. The average molecular weight is 485 g/mol. The molecule has 2 amide bonds. The number of para-hydroxylation sites is 1. The minimum absolute atomic E-state index is 0.236. The number of rotatable bonds is 9. The molecule has 0 radical (unpaired) electrons. The molecule has 0 aliphatic rings. The third kappa shape index (κ3) is 6.71. The fourth-order valence-corrected chi connectivity index (χ4v) is 3.71. The molecule has 0 aromatic heterocycles. The molecule has 0 saturated heterocycles. The maximum atomic E-state index is 12.8. The van der Waals surface area contributed by atoms with Crippen LogP contribution in [0.25, 0.3) is 0 Å². The Morgan fingerprint density at radius 3 is 2.20 bits per heavy atom. The number of halogens is 1. The Hall–Kier alpha value is -4.09. The minimum Gasteiger partial charge on any atom is -0.489 e. The van der Waals surface area contributed by atoms with Crippen molar-refractivity contribution in [1.29, 1.82) is 0 Å². The van der Waals surface area contributed by atoms with Gasteiger partial charge in [0.1, 0.15) is 12.4 Å². The molecule has 0 aliphatic heterocycles. The lowest BCUT2D eigenvalue weighted by Crippen LogP contribution is -2.27. The van der Waals surface area contributed by atoms with E-state index < -0.39 is 0 Å². The summed E-state index contributed by atoms with van der Waals surface area (Å²) >= 11 is 6.16. The van der Waals surface area contributed by atoms with Crippen molar-refractivity contribution in [2.24, 2.45) is 0 Å². The van der Waals surface area contributed by atoms with Crippen LogP contribution >= 0.6 is 11.6 Å². The highest BCUT2D eigenvalue weighted by Gasteiger charge is 2.14. The van der Waals surface area contributed by atoms with Gasteiger partial charge in [-0.15, -0.1) is 0 Å². The molecule has 0 bridgehead atoms.